The standard InChI is InChI=1S/C33H34O13S/c1-37-20-7-14(8-21(38-2)29(20)39-3)24-15-9-18-19(43-13-42-18)10-16(15)28(17-11-40-31(36)25(17)24)45-33-27(35)26(34)30-22(44-33)12-41-32(46-30)23-5-4-6-47-23/h4-10,17,22,24-28,30,32-35H,11-13H2,1-3H3. The fraction of sp³-hybridized carbons (Fsp3) is 0.485. The number of carbonyl (C=O) groups excluding carboxylic acids is 1. The number of hydrogen-bond donors (Lipinski definition) is 2. The van der Waals surface area contributed by atoms with E-state index in [4.69, 9.17) is 47.4 Å². The molecule has 0 bridgehead atoms. The van der Waals surface area contributed by atoms with Gasteiger partial charge in [0.1, 0.15) is 24.4 Å². The van der Waals surface area contributed by atoms with Crippen molar-refractivity contribution in [1.82, 2.24) is 0 Å². The van der Waals surface area contributed by atoms with Crippen molar-refractivity contribution in [3.63, 3.8) is 0 Å². The maximum Gasteiger partial charge on any atom is 0.310 e. The topological polar surface area (TPSA) is 150 Å². The van der Waals surface area contributed by atoms with Crippen molar-refractivity contribution in [3.05, 3.63) is 63.3 Å². The second-order valence-electron chi connectivity index (χ2n) is 12.0. The van der Waals surface area contributed by atoms with Crippen LogP contribution in [0.5, 0.6) is 28.7 Å². The lowest BCUT2D eigenvalue weighted by molar-refractivity contribution is -0.368. The highest BCUT2D eigenvalue weighted by Gasteiger charge is 2.56. The minimum absolute atomic E-state index is 0.0413. The number of cyclic esters (lactones) is 1. The number of benzene rings is 2. The molecule has 10 unspecified atom stereocenters. The summed E-state index contributed by atoms with van der Waals surface area (Å²) in [7, 11) is 4.59. The van der Waals surface area contributed by atoms with Gasteiger partial charge < -0.3 is 57.6 Å². The summed E-state index contributed by atoms with van der Waals surface area (Å²) >= 11 is 1.47. The van der Waals surface area contributed by atoms with E-state index < -0.39 is 66.8 Å². The van der Waals surface area contributed by atoms with E-state index in [0.29, 0.717) is 34.3 Å². The van der Waals surface area contributed by atoms with Crippen LogP contribution in [0.1, 0.15) is 39.9 Å². The van der Waals surface area contributed by atoms with E-state index in [1.165, 1.54) is 32.7 Å². The van der Waals surface area contributed by atoms with Gasteiger partial charge >= 0.3 is 5.97 Å². The predicted octanol–water partition coefficient (Wildman–Crippen LogP) is 3.06. The maximum absolute atomic E-state index is 13.6. The van der Waals surface area contributed by atoms with Gasteiger partial charge in [-0.05, 0) is 52.4 Å². The summed E-state index contributed by atoms with van der Waals surface area (Å²) in [6.07, 6.45) is -7.07. The largest absolute Gasteiger partial charge is 0.493 e. The molecule has 2 aromatic carbocycles. The first kappa shape index (κ1) is 30.7. The first-order valence-electron chi connectivity index (χ1n) is 15.3. The summed E-state index contributed by atoms with van der Waals surface area (Å²) in [6.45, 7) is 0.225. The summed E-state index contributed by atoms with van der Waals surface area (Å²) in [4.78, 5) is 14.4. The summed E-state index contributed by atoms with van der Waals surface area (Å²) in [5.74, 6) is 0.229. The first-order valence-corrected chi connectivity index (χ1v) is 16.2. The minimum Gasteiger partial charge on any atom is -0.493 e. The van der Waals surface area contributed by atoms with Crippen LogP contribution in [0.2, 0.25) is 0 Å². The highest BCUT2D eigenvalue weighted by atomic mass is 32.1. The summed E-state index contributed by atoms with van der Waals surface area (Å²) in [5.41, 5.74) is 2.17. The second kappa shape index (κ2) is 12.1. The van der Waals surface area contributed by atoms with Gasteiger partial charge in [0.2, 0.25) is 12.5 Å². The normalized spacial score (nSPS) is 33.8. The molecule has 2 N–H and O–H groups in total. The molecular formula is C33H34O13S. The van der Waals surface area contributed by atoms with Gasteiger partial charge in [0, 0.05) is 11.8 Å². The Morgan fingerprint density at radius 2 is 1.62 bits per heavy atom. The molecule has 5 heterocycles. The molecule has 0 spiro atoms. The molecule has 14 heteroatoms. The van der Waals surface area contributed by atoms with Crippen LogP contribution in [0.4, 0.5) is 0 Å². The van der Waals surface area contributed by atoms with Crippen LogP contribution in [-0.4, -0.2) is 88.2 Å². The number of thiophene rings is 1. The Labute approximate surface area is 273 Å². The van der Waals surface area contributed by atoms with Crippen LogP contribution in [0.15, 0.2) is 41.8 Å². The molecule has 1 aliphatic carbocycles. The molecule has 0 amide bonds. The smallest absolute Gasteiger partial charge is 0.310 e. The first-order chi connectivity index (χ1) is 22.9. The Hall–Kier alpha value is -3.63. The predicted molar refractivity (Wildman–Crippen MR) is 161 cm³/mol. The average molecular weight is 671 g/mol. The molecule has 4 aliphatic heterocycles. The Kier molecular flexibility index (Phi) is 7.91. The third-order valence-corrected chi connectivity index (χ3v) is 10.4. The van der Waals surface area contributed by atoms with Crippen LogP contribution in [0, 0.1) is 11.8 Å². The molecule has 3 saturated heterocycles. The van der Waals surface area contributed by atoms with E-state index in [1.54, 1.807) is 0 Å². The number of esters is 1. The Morgan fingerprint density at radius 3 is 2.30 bits per heavy atom. The van der Waals surface area contributed by atoms with E-state index in [2.05, 4.69) is 0 Å². The number of carbonyl (C=O) groups is 1. The fourth-order valence-electron chi connectivity index (χ4n) is 7.37. The summed E-state index contributed by atoms with van der Waals surface area (Å²) in [6, 6.07) is 11.1. The van der Waals surface area contributed by atoms with E-state index in [1.807, 2.05) is 41.8 Å². The molecule has 13 nitrogen and oxygen atoms in total. The molecule has 5 aliphatic rings. The van der Waals surface area contributed by atoms with Gasteiger partial charge in [-0.15, -0.1) is 11.3 Å². The van der Waals surface area contributed by atoms with Gasteiger partial charge in [-0.2, -0.15) is 0 Å². The monoisotopic (exact) mass is 670 g/mol. The summed E-state index contributed by atoms with van der Waals surface area (Å²) < 4.78 is 58.8. The van der Waals surface area contributed by atoms with Crippen molar-refractivity contribution in [2.24, 2.45) is 11.8 Å². The number of aliphatic hydroxyl groups excluding tert-OH is 2. The van der Waals surface area contributed by atoms with Crippen LogP contribution in [-0.2, 0) is 28.5 Å². The lowest BCUT2D eigenvalue weighted by atomic mass is 9.66. The van der Waals surface area contributed by atoms with Crippen LogP contribution in [0.25, 0.3) is 0 Å². The van der Waals surface area contributed by atoms with Gasteiger partial charge in [0.15, 0.2) is 35.6 Å². The molecule has 0 radical (unpaired) electrons. The zero-order valence-electron chi connectivity index (χ0n) is 25.7. The van der Waals surface area contributed by atoms with Crippen LogP contribution in [0.3, 0.4) is 0 Å². The molecule has 47 heavy (non-hydrogen) atoms. The van der Waals surface area contributed by atoms with Crippen LogP contribution >= 0.6 is 11.3 Å². The Balaban J connectivity index is 1.16. The lowest BCUT2D eigenvalue weighted by Gasteiger charge is -2.48. The zero-order valence-corrected chi connectivity index (χ0v) is 26.5. The van der Waals surface area contributed by atoms with Gasteiger partial charge in [-0.3, -0.25) is 4.79 Å². The molecule has 8 rings (SSSR count). The zero-order chi connectivity index (χ0) is 32.4. The van der Waals surface area contributed by atoms with Gasteiger partial charge in [-0.25, -0.2) is 0 Å². The highest BCUT2D eigenvalue weighted by molar-refractivity contribution is 7.10. The van der Waals surface area contributed by atoms with Gasteiger partial charge in [-0.1, -0.05) is 6.07 Å². The van der Waals surface area contributed by atoms with Crippen molar-refractivity contribution in [2.45, 2.75) is 49.0 Å². The minimum atomic E-state index is -1.46. The lowest BCUT2D eigenvalue weighted by Crippen LogP contribution is -2.62. The van der Waals surface area contributed by atoms with E-state index in [9.17, 15) is 15.0 Å². The van der Waals surface area contributed by atoms with Gasteiger partial charge in [0.05, 0.1) is 51.4 Å². The second-order valence-corrected chi connectivity index (χ2v) is 12.9. The maximum atomic E-state index is 13.6. The van der Waals surface area contributed by atoms with Crippen molar-refractivity contribution < 1.29 is 62.4 Å². The molecule has 0 saturated carbocycles. The van der Waals surface area contributed by atoms with E-state index in [0.717, 1.165) is 16.0 Å². The molecule has 10 atom stereocenters. The van der Waals surface area contributed by atoms with Crippen molar-refractivity contribution in [3.8, 4) is 28.7 Å². The highest BCUT2D eigenvalue weighted by Crippen LogP contribution is 2.57. The molecule has 1 aromatic heterocycles. The number of hydrogen-bond acceptors (Lipinski definition) is 14. The Bertz CT molecular complexity index is 1620. The fourth-order valence-corrected chi connectivity index (χ4v) is 8.08. The SMILES string of the molecule is COc1cc(C2c3cc4c(cc3C(OC3OC5COC(c6cccs6)OC5C(O)C3O)C3COC(=O)C23)OCO4)cc(OC)c1OC. The molecule has 3 aromatic rings. The van der Waals surface area contributed by atoms with E-state index in [-0.39, 0.29) is 20.0 Å². The molecule has 3 fully saturated rings. The Morgan fingerprint density at radius 1 is 0.872 bits per heavy atom. The number of aliphatic hydroxyl groups is 2. The van der Waals surface area contributed by atoms with Crippen LogP contribution < -0.4 is 23.7 Å². The van der Waals surface area contributed by atoms with Crippen molar-refractivity contribution in [2.75, 3.05) is 41.3 Å². The number of ether oxygens (including phenoxy) is 10. The number of fused-ring (bicyclic) bond motifs is 4. The quantitative estimate of drug-likeness (QED) is 0.355. The third-order valence-electron chi connectivity index (χ3n) is 9.55. The summed E-state index contributed by atoms with van der Waals surface area (Å²) in [5, 5.41) is 24.5. The molecule has 250 valence electrons. The third kappa shape index (κ3) is 5.01. The van der Waals surface area contributed by atoms with Gasteiger partial charge in [0.25, 0.3) is 0 Å². The number of methoxy groups -OCH3 is 3. The number of rotatable bonds is 7. The van der Waals surface area contributed by atoms with E-state index >= 15 is 0 Å². The molecular weight excluding hydrogens is 636 g/mol. The average Bonchev–Trinajstić information content (AvgIpc) is 3.87. The van der Waals surface area contributed by atoms with Crippen molar-refractivity contribution >= 4 is 17.3 Å². The van der Waals surface area contributed by atoms with Crippen molar-refractivity contribution in [1.29, 1.82) is 0 Å².